The molecule has 2 N–H and O–H groups in total. The molecule has 0 radical (unpaired) electrons. The molecule has 1 aromatic rings. The number of likely N-dealkylation sites (N-methyl/N-ethyl adjacent to an activating group) is 1. The van der Waals surface area contributed by atoms with Crippen LogP contribution in [0.2, 0.25) is 5.15 Å². The molecule has 0 spiro atoms. The lowest BCUT2D eigenvalue weighted by Gasteiger charge is -2.42. The summed E-state index contributed by atoms with van der Waals surface area (Å²) in [5.74, 6) is -0.212. The summed E-state index contributed by atoms with van der Waals surface area (Å²) in [7, 11) is 1.70. The zero-order valence-electron chi connectivity index (χ0n) is 12.7. The molecule has 2 heterocycles. The summed E-state index contributed by atoms with van der Waals surface area (Å²) in [6.45, 7) is 5.26. The summed E-state index contributed by atoms with van der Waals surface area (Å²) in [4.78, 5) is 18.2. The number of amides is 1. The minimum absolute atomic E-state index is 0.196. The van der Waals surface area contributed by atoms with E-state index in [0.717, 1.165) is 18.7 Å². The van der Waals surface area contributed by atoms with Crippen molar-refractivity contribution in [2.24, 2.45) is 0 Å². The molecule has 1 aliphatic rings. The standard InChI is InChI=1S/C15H22ClN3O2/c1-10-8-12(13(16)18-9-10)14(20)19(3)11(2)15(21)4-6-17-7-5-15/h8-9,11,17,21H,4-7H2,1-3H3. The van der Waals surface area contributed by atoms with Crippen molar-refractivity contribution < 1.29 is 9.90 Å². The molecule has 1 atom stereocenters. The van der Waals surface area contributed by atoms with Gasteiger partial charge >= 0.3 is 0 Å². The van der Waals surface area contributed by atoms with Crippen LogP contribution < -0.4 is 5.32 Å². The van der Waals surface area contributed by atoms with E-state index in [-0.39, 0.29) is 17.1 Å². The molecular weight excluding hydrogens is 290 g/mol. The van der Waals surface area contributed by atoms with Gasteiger partial charge in [0, 0.05) is 13.2 Å². The molecule has 5 nitrogen and oxygen atoms in total. The third-order valence-electron chi connectivity index (χ3n) is 4.35. The van der Waals surface area contributed by atoms with Crippen molar-refractivity contribution in [1.29, 1.82) is 0 Å². The Morgan fingerprint density at radius 3 is 2.76 bits per heavy atom. The number of rotatable bonds is 3. The van der Waals surface area contributed by atoms with Crippen LogP contribution in [0.15, 0.2) is 12.3 Å². The zero-order valence-corrected chi connectivity index (χ0v) is 13.4. The van der Waals surface area contributed by atoms with Crippen molar-refractivity contribution in [3.05, 3.63) is 28.5 Å². The van der Waals surface area contributed by atoms with Crippen molar-refractivity contribution in [3.8, 4) is 0 Å². The molecule has 2 rings (SSSR count). The molecule has 0 saturated carbocycles. The number of nitrogens with one attached hydrogen (secondary N) is 1. The van der Waals surface area contributed by atoms with Gasteiger partial charge in [0.05, 0.1) is 17.2 Å². The lowest BCUT2D eigenvalue weighted by molar-refractivity contribution is -0.0481. The van der Waals surface area contributed by atoms with Crippen LogP contribution in [0.5, 0.6) is 0 Å². The van der Waals surface area contributed by atoms with Crippen LogP contribution in [-0.4, -0.2) is 52.7 Å². The van der Waals surface area contributed by atoms with E-state index in [0.29, 0.717) is 18.4 Å². The first-order valence-corrected chi connectivity index (χ1v) is 7.55. The second-order valence-corrected chi connectivity index (χ2v) is 6.15. The molecule has 116 valence electrons. The molecule has 1 saturated heterocycles. The fourth-order valence-electron chi connectivity index (χ4n) is 2.71. The van der Waals surface area contributed by atoms with Crippen molar-refractivity contribution in [3.63, 3.8) is 0 Å². The van der Waals surface area contributed by atoms with Gasteiger partial charge in [-0.25, -0.2) is 4.98 Å². The quantitative estimate of drug-likeness (QED) is 0.833. The molecule has 0 aromatic carbocycles. The van der Waals surface area contributed by atoms with Gasteiger partial charge in [-0.2, -0.15) is 0 Å². The number of halogens is 1. The van der Waals surface area contributed by atoms with Gasteiger partial charge in [-0.15, -0.1) is 0 Å². The van der Waals surface area contributed by atoms with Crippen LogP contribution in [0.3, 0.4) is 0 Å². The average Bonchev–Trinajstić information content (AvgIpc) is 2.48. The number of carbonyl (C=O) groups is 1. The molecule has 1 aromatic heterocycles. The molecular formula is C15H22ClN3O2. The van der Waals surface area contributed by atoms with Crippen molar-refractivity contribution in [2.75, 3.05) is 20.1 Å². The maximum atomic E-state index is 12.6. The summed E-state index contributed by atoms with van der Waals surface area (Å²) < 4.78 is 0. The van der Waals surface area contributed by atoms with Gasteiger partial charge in [-0.1, -0.05) is 11.6 Å². The van der Waals surface area contributed by atoms with Crippen LogP contribution in [0.25, 0.3) is 0 Å². The maximum Gasteiger partial charge on any atom is 0.257 e. The fraction of sp³-hybridized carbons (Fsp3) is 0.600. The summed E-state index contributed by atoms with van der Waals surface area (Å²) >= 11 is 6.03. The molecule has 0 bridgehead atoms. The van der Waals surface area contributed by atoms with Crippen LogP contribution >= 0.6 is 11.6 Å². The molecule has 21 heavy (non-hydrogen) atoms. The Hall–Kier alpha value is -1.17. The van der Waals surface area contributed by atoms with Gasteiger partial charge in [0.2, 0.25) is 0 Å². The highest BCUT2D eigenvalue weighted by molar-refractivity contribution is 6.32. The van der Waals surface area contributed by atoms with Gasteiger partial charge < -0.3 is 15.3 Å². The van der Waals surface area contributed by atoms with E-state index in [1.165, 1.54) is 0 Å². The second-order valence-electron chi connectivity index (χ2n) is 5.80. The molecule has 1 fully saturated rings. The lowest BCUT2D eigenvalue weighted by atomic mass is 9.85. The number of hydrogen-bond donors (Lipinski definition) is 2. The largest absolute Gasteiger partial charge is 0.388 e. The molecule has 6 heteroatoms. The summed E-state index contributed by atoms with van der Waals surface area (Å²) in [6, 6.07) is 1.44. The SMILES string of the molecule is Cc1cnc(Cl)c(C(=O)N(C)C(C)C2(O)CCNCC2)c1. The number of aromatic nitrogens is 1. The van der Waals surface area contributed by atoms with E-state index in [1.807, 2.05) is 13.8 Å². The van der Waals surface area contributed by atoms with Crippen LogP contribution in [0.4, 0.5) is 0 Å². The topological polar surface area (TPSA) is 65.5 Å². The van der Waals surface area contributed by atoms with Gasteiger partial charge in [0.25, 0.3) is 5.91 Å². The Morgan fingerprint density at radius 2 is 2.14 bits per heavy atom. The molecule has 1 amide bonds. The number of hydrogen-bond acceptors (Lipinski definition) is 4. The molecule has 0 aliphatic carbocycles. The first-order valence-electron chi connectivity index (χ1n) is 7.17. The minimum Gasteiger partial charge on any atom is -0.388 e. The highest BCUT2D eigenvalue weighted by Gasteiger charge is 2.39. The number of pyridine rings is 1. The summed E-state index contributed by atoms with van der Waals surface area (Å²) in [5, 5.41) is 14.2. The Labute approximate surface area is 130 Å². The highest BCUT2D eigenvalue weighted by atomic mass is 35.5. The maximum absolute atomic E-state index is 12.6. The van der Waals surface area contributed by atoms with E-state index in [4.69, 9.17) is 11.6 Å². The monoisotopic (exact) mass is 311 g/mol. The van der Waals surface area contributed by atoms with E-state index >= 15 is 0 Å². The fourth-order valence-corrected chi connectivity index (χ4v) is 2.89. The average molecular weight is 312 g/mol. The Bertz CT molecular complexity index is 530. The van der Waals surface area contributed by atoms with E-state index in [2.05, 4.69) is 10.3 Å². The first-order chi connectivity index (χ1) is 9.85. The number of aliphatic hydroxyl groups is 1. The number of piperidine rings is 1. The molecule has 1 unspecified atom stereocenters. The van der Waals surface area contributed by atoms with E-state index < -0.39 is 5.60 Å². The Morgan fingerprint density at radius 1 is 1.52 bits per heavy atom. The number of aryl methyl sites for hydroxylation is 1. The van der Waals surface area contributed by atoms with Crippen LogP contribution in [-0.2, 0) is 0 Å². The van der Waals surface area contributed by atoms with Crippen molar-refractivity contribution >= 4 is 17.5 Å². The third kappa shape index (κ3) is 3.36. The van der Waals surface area contributed by atoms with Crippen LogP contribution in [0.1, 0.15) is 35.7 Å². The van der Waals surface area contributed by atoms with Crippen LogP contribution in [0, 0.1) is 6.92 Å². The van der Waals surface area contributed by atoms with E-state index in [9.17, 15) is 9.90 Å². The predicted molar refractivity (Wildman–Crippen MR) is 82.6 cm³/mol. The lowest BCUT2D eigenvalue weighted by Crippen LogP contribution is -2.56. The van der Waals surface area contributed by atoms with Gasteiger partial charge in [-0.05, 0) is 51.4 Å². The van der Waals surface area contributed by atoms with Gasteiger partial charge in [0.15, 0.2) is 0 Å². The van der Waals surface area contributed by atoms with Crippen molar-refractivity contribution in [2.45, 2.75) is 38.3 Å². The molecule has 1 aliphatic heterocycles. The Kier molecular flexibility index (Phi) is 4.86. The number of nitrogens with zero attached hydrogens (tertiary/aromatic N) is 2. The van der Waals surface area contributed by atoms with E-state index in [1.54, 1.807) is 24.2 Å². The minimum atomic E-state index is -0.862. The van der Waals surface area contributed by atoms with Gasteiger partial charge in [-0.3, -0.25) is 4.79 Å². The smallest absolute Gasteiger partial charge is 0.257 e. The van der Waals surface area contributed by atoms with Crippen molar-refractivity contribution in [1.82, 2.24) is 15.2 Å². The highest BCUT2D eigenvalue weighted by Crippen LogP contribution is 2.27. The summed E-state index contributed by atoms with van der Waals surface area (Å²) in [6.07, 6.45) is 2.89. The third-order valence-corrected chi connectivity index (χ3v) is 4.66. The Balaban J connectivity index is 2.20. The first kappa shape index (κ1) is 16.2. The zero-order chi connectivity index (χ0) is 15.6. The normalized spacial score (nSPS) is 19.1. The van der Waals surface area contributed by atoms with Gasteiger partial charge in [0.1, 0.15) is 5.15 Å². The predicted octanol–water partition coefficient (Wildman–Crippen LogP) is 1.62. The summed E-state index contributed by atoms with van der Waals surface area (Å²) in [5.41, 5.74) is 0.396. The second kappa shape index (κ2) is 6.30. The number of carbonyl (C=O) groups excluding carboxylic acids is 1.